The van der Waals surface area contributed by atoms with E-state index in [1.807, 2.05) is 16.8 Å². The Morgan fingerprint density at radius 1 is 0.975 bits per heavy atom. The van der Waals surface area contributed by atoms with E-state index in [1.54, 1.807) is 24.5 Å². The van der Waals surface area contributed by atoms with E-state index in [4.69, 9.17) is 10.8 Å². The number of unbranched alkanes of at least 4 members (excludes halogenated alkanes) is 1. The first kappa shape index (κ1) is 28.7. The van der Waals surface area contributed by atoms with Gasteiger partial charge < -0.3 is 10.8 Å². The first-order valence-corrected chi connectivity index (χ1v) is 13.6. The van der Waals surface area contributed by atoms with Gasteiger partial charge in [0.25, 0.3) is 0 Å². The molecule has 40 heavy (non-hydrogen) atoms. The van der Waals surface area contributed by atoms with Gasteiger partial charge in [0.2, 0.25) is 11.8 Å². The van der Waals surface area contributed by atoms with Crippen molar-refractivity contribution in [3.8, 4) is 22.7 Å². The molecule has 0 spiro atoms. The molecule has 0 saturated heterocycles. The number of carbonyl (C=O) groups excluding carboxylic acids is 2. The fourth-order valence-corrected chi connectivity index (χ4v) is 4.45. The van der Waals surface area contributed by atoms with Gasteiger partial charge in [-0.2, -0.15) is 5.10 Å². The largest absolute Gasteiger partial charge is 0.508 e. The van der Waals surface area contributed by atoms with E-state index in [1.165, 1.54) is 17.7 Å². The van der Waals surface area contributed by atoms with Crippen molar-refractivity contribution >= 4 is 11.8 Å². The first-order valence-electron chi connectivity index (χ1n) is 13.6. The van der Waals surface area contributed by atoms with Gasteiger partial charge in [-0.1, -0.05) is 45.0 Å². The third kappa shape index (κ3) is 7.64. The SMILES string of the molecule is CC(C)(C)c1ccc(-n2nc(-c3ccncc3)cc2CCCCC(=O)NC(=O)C(N)Cc2ccc(O)cc2)cc1. The molecule has 2 aromatic carbocycles. The summed E-state index contributed by atoms with van der Waals surface area (Å²) in [6.07, 6.45) is 6.10. The Morgan fingerprint density at radius 2 is 1.65 bits per heavy atom. The Labute approximate surface area is 235 Å². The van der Waals surface area contributed by atoms with E-state index in [9.17, 15) is 14.7 Å². The monoisotopic (exact) mass is 539 g/mol. The predicted molar refractivity (Wildman–Crippen MR) is 156 cm³/mol. The smallest absolute Gasteiger partial charge is 0.243 e. The van der Waals surface area contributed by atoms with Gasteiger partial charge in [0, 0.05) is 30.1 Å². The quantitative estimate of drug-likeness (QED) is 0.247. The maximum atomic E-state index is 12.4. The Kier molecular flexibility index (Phi) is 9.11. The molecular weight excluding hydrogens is 502 g/mol. The minimum Gasteiger partial charge on any atom is -0.508 e. The predicted octanol–water partition coefficient (Wildman–Crippen LogP) is 4.86. The highest BCUT2D eigenvalue weighted by Gasteiger charge is 2.18. The van der Waals surface area contributed by atoms with Crippen LogP contribution in [0, 0.1) is 0 Å². The fraction of sp³-hybridized carbons (Fsp3) is 0.312. The number of phenolic OH excluding ortho intramolecular Hbond substituents is 1. The summed E-state index contributed by atoms with van der Waals surface area (Å²) in [7, 11) is 0. The zero-order valence-electron chi connectivity index (χ0n) is 23.3. The van der Waals surface area contributed by atoms with Crippen LogP contribution in [0.1, 0.15) is 56.9 Å². The van der Waals surface area contributed by atoms with Crippen LogP contribution in [0.3, 0.4) is 0 Å². The third-order valence-electron chi connectivity index (χ3n) is 6.82. The summed E-state index contributed by atoms with van der Waals surface area (Å²) in [5.41, 5.74) is 12.0. The van der Waals surface area contributed by atoms with Crippen LogP contribution in [0.5, 0.6) is 5.75 Å². The van der Waals surface area contributed by atoms with Crippen LogP contribution in [0.2, 0.25) is 0 Å². The Hall–Kier alpha value is -4.30. The molecule has 0 aliphatic carbocycles. The normalized spacial score (nSPS) is 12.2. The number of phenols is 1. The lowest BCUT2D eigenvalue weighted by Crippen LogP contribution is -2.44. The summed E-state index contributed by atoms with van der Waals surface area (Å²) < 4.78 is 1.97. The van der Waals surface area contributed by atoms with Crippen LogP contribution in [-0.2, 0) is 27.8 Å². The molecule has 1 unspecified atom stereocenters. The zero-order valence-corrected chi connectivity index (χ0v) is 23.3. The molecule has 2 aromatic heterocycles. The summed E-state index contributed by atoms with van der Waals surface area (Å²) in [4.78, 5) is 28.9. The Bertz CT molecular complexity index is 1420. The van der Waals surface area contributed by atoms with E-state index >= 15 is 0 Å². The molecule has 8 heteroatoms. The molecule has 2 heterocycles. The fourth-order valence-electron chi connectivity index (χ4n) is 4.45. The number of hydrogen-bond donors (Lipinski definition) is 3. The maximum Gasteiger partial charge on any atom is 0.243 e. The molecule has 0 fully saturated rings. The van der Waals surface area contributed by atoms with Crippen molar-refractivity contribution in [1.82, 2.24) is 20.1 Å². The van der Waals surface area contributed by atoms with Crippen molar-refractivity contribution < 1.29 is 14.7 Å². The molecule has 0 saturated carbocycles. The van der Waals surface area contributed by atoms with Crippen molar-refractivity contribution in [1.29, 1.82) is 0 Å². The van der Waals surface area contributed by atoms with E-state index < -0.39 is 11.9 Å². The lowest BCUT2D eigenvalue weighted by atomic mass is 9.87. The highest BCUT2D eigenvalue weighted by Crippen LogP contribution is 2.26. The number of hydrogen-bond acceptors (Lipinski definition) is 6. The second kappa shape index (κ2) is 12.7. The highest BCUT2D eigenvalue weighted by molar-refractivity contribution is 5.97. The van der Waals surface area contributed by atoms with Gasteiger partial charge in [-0.15, -0.1) is 0 Å². The van der Waals surface area contributed by atoms with Gasteiger partial charge in [0.1, 0.15) is 5.75 Å². The average molecular weight is 540 g/mol. The van der Waals surface area contributed by atoms with Gasteiger partial charge in [0.15, 0.2) is 0 Å². The van der Waals surface area contributed by atoms with Crippen LogP contribution in [0.25, 0.3) is 16.9 Å². The molecule has 0 aliphatic rings. The van der Waals surface area contributed by atoms with Gasteiger partial charge in [-0.3, -0.25) is 19.9 Å². The number of nitrogens with one attached hydrogen (secondary N) is 1. The van der Waals surface area contributed by atoms with E-state index in [2.05, 4.69) is 61.4 Å². The molecule has 8 nitrogen and oxygen atoms in total. The number of aromatic hydroxyl groups is 1. The van der Waals surface area contributed by atoms with Gasteiger partial charge in [-0.25, -0.2) is 4.68 Å². The topological polar surface area (TPSA) is 123 Å². The molecule has 4 rings (SSSR count). The number of pyridine rings is 1. The van der Waals surface area contributed by atoms with Crippen molar-refractivity contribution in [3.63, 3.8) is 0 Å². The van der Waals surface area contributed by atoms with Crippen molar-refractivity contribution in [2.24, 2.45) is 5.73 Å². The maximum absolute atomic E-state index is 12.4. The molecule has 4 aromatic rings. The second-order valence-corrected chi connectivity index (χ2v) is 11.1. The second-order valence-electron chi connectivity index (χ2n) is 11.1. The van der Waals surface area contributed by atoms with Crippen LogP contribution in [0.15, 0.2) is 79.1 Å². The van der Waals surface area contributed by atoms with Crippen LogP contribution in [-0.4, -0.2) is 37.7 Å². The molecular formula is C32H37N5O3. The number of aromatic nitrogens is 3. The molecule has 4 N–H and O–H groups in total. The number of aryl methyl sites for hydroxylation is 1. The lowest BCUT2D eigenvalue weighted by Gasteiger charge is -2.19. The summed E-state index contributed by atoms with van der Waals surface area (Å²) in [6, 6.07) is 20.1. The van der Waals surface area contributed by atoms with E-state index in [-0.39, 0.29) is 29.9 Å². The number of benzene rings is 2. The lowest BCUT2D eigenvalue weighted by molar-refractivity contribution is -0.131. The molecule has 0 bridgehead atoms. The summed E-state index contributed by atoms with van der Waals surface area (Å²) in [6.45, 7) is 6.57. The molecule has 208 valence electrons. The minimum absolute atomic E-state index is 0.0606. The molecule has 0 aliphatic heterocycles. The summed E-state index contributed by atoms with van der Waals surface area (Å²) >= 11 is 0. The number of nitrogens with two attached hydrogens (primary N) is 1. The van der Waals surface area contributed by atoms with Crippen molar-refractivity contribution in [3.05, 3.63) is 95.9 Å². The number of rotatable bonds is 10. The summed E-state index contributed by atoms with van der Waals surface area (Å²) in [5, 5.41) is 16.7. The molecule has 0 radical (unpaired) electrons. The Balaban J connectivity index is 1.36. The van der Waals surface area contributed by atoms with Gasteiger partial charge >= 0.3 is 0 Å². The minimum atomic E-state index is -0.848. The number of amides is 2. The number of imide groups is 1. The van der Waals surface area contributed by atoms with Crippen LogP contribution >= 0.6 is 0 Å². The third-order valence-corrected chi connectivity index (χ3v) is 6.82. The Morgan fingerprint density at radius 3 is 2.30 bits per heavy atom. The number of carbonyl (C=O) groups is 2. The molecule has 1 atom stereocenters. The first-order chi connectivity index (χ1) is 19.1. The van der Waals surface area contributed by atoms with Gasteiger partial charge in [-0.05, 0) is 84.7 Å². The van der Waals surface area contributed by atoms with Crippen LogP contribution in [0.4, 0.5) is 0 Å². The van der Waals surface area contributed by atoms with Crippen LogP contribution < -0.4 is 11.1 Å². The van der Waals surface area contributed by atoms with Gasteiger partial charge in [0.05, 0.1) is 17.4 Å². The molecule has 2 amide bonds. The average Bonchev–Trinajstić information content (AvgIpc) is 3.36. The standard InChI is InChI=1S/C32H37N5O3/c1-32(2,3)24-10-12-25(13-11-24)37-26(21-29(36-37)23-16-18-34-19-17-23)6-4-5-7-30(39)35-31(40)28(33)20-22-8-14-27(38)15-9-22/h8-19,21,28,38H,4-7,20,33H2,1-3H3,(H,35,39,40). The zero-order chi connectivity index (χ0) is 28.7. The number of nitrogens with zero attached hydrogens (tertiary/aromatic N) is 3. The van der Waals surface area contributed by atoms with E-state index in [0.717, 1.165) is 41.0 Å². The van der Waals surface area contributed by atoms with E-state index in [0.29, 0.717) is 6.42 Å². The highest BCUT2D eigenvalue weighted by atomic mass is 16.3. The van der Waals surface area contributed by atoms with Crippen molar-refractivity contribution in [2.45, 2.75) is 64.3 Å². The summed E-state index contributed by atoms with van der Waals surface area (Å²) in [5.74, 6) is -0.696. The van der Waals surface area contributed by atoms with Crippen molar-refractivity contribution in [2.75, 3.05) is 0 Å².